The Morgan fingerprint density at radius 3 is 2.38 bits per heavy atom. The van der Waals surface area contributed by atoms with E-state index in [0.29, 0.717) is 6.61 Å². The first-order valence-electron chi connectivity index (χ1n) is 4.51. The van der Waals surface area contributed by atoms with E-state index in [0.717, 1.165) is 12.8 Å². The zero-order valence-corrected chi connectivity index (χ0v) is 11.3. The molecule has 0 aliphatic carbocycles. The van der Waals surface area contributed by atoms with E-state index >= 15 is 0 Å². The van der Waals surface area contributed by atoms with Crippen LogP contribution >= 0.6 is 29.4 Å². The summed E-state index contributed by atoms with van der Waals surface area (Å²) in [4.78, 5) is 0. The predicted molar refractivity (Wildman–Crippen MR) is 64.8 cm³/mol. The van der Waals surface area contributed by atoms with Crippen LogP contribution in [-0.4, -0.2) is 11.4 Å². The van der Waals surface area contributed by atoms with Crippen LogP contribution in [0.2, 0.25) is 0 Å². The van der Waals surface area contributed by atoms with Gasteiger partial charge < -0.3 is 4.52 Å². The second-order valence-electron chi connectivity index (χ2n) is 3.49. The average molecular weight is 242 g/mol. The number of hydrogen-bond donors (Lipinski definition) is 1. The third-order valence-corrected chi connectivity index (χ3v) is 6.59. The molecule has 13 heavy (non-hydrogen) atoms. The minimum absolute atomic E-state index is 0.0127. The van der Waals surface area contributed by atoms with Crippen molar-refractivity contribution in [3.8, 4) is 0 Å². The first-order valence-corrected chi connectivity index (χ1v) is 8.71. The van der Waals surface area contributed by atoms with Gasteiger partial charge in [0, 0.05) is 4.75 Å². The van der Waals surface area contributed by atoms with Gasteiger partial charge in [-0.25, -0.2) is 0 Å². The van der Waals surface area contributed by atoms with Crippen LogP contribution in [0.4, 0.5) is 0 Å². The van der Waals surface area contributed by atoms with Gasteiger partial charge in [0.25, 0.3) is 0 Å². The van der Waals surface area contributed by atoms with Gasteiger partial charge in [-0.1, -0.05) is 50.8 Å². The lowest BCUT2D eigenvalue weighted by molar-refractivity contribution is 0.357. The van der Waals surface area contributed by atoms with Crippen molar-refractivity contribution in [3.63, 3.8) is 0 Å². The zero-order chi connectivity index (χ0) is 10.5. The quantitative estimate of drug-likeness (QED) is 0.553. The van der Waals surface area contributed by atoms with Crippen LogP contribution in [0, 0.1) is 0 Å². The van der Waals surface area contributed by atoms with E-state index < -0.39 is 5.77 Å². The van der Waals surface area contributed by atoms with Gasteiger partial charge in [0.1, 0.15) is 0 Å². The molecule has 1 unspecified atom stereocenters. The van der Waals surface area contributed by atoms with Gasteiger partial charge in [0.05, 0.1) is 6.61 Å². The first kappa shape index (κ1) is 13.9. The third-order valence-electron chi connectivity index (χ3n) is 1.51. The highest BCUT2D eigenvalue weighted by Crippen LogP contribution is 2.68. The average Bonchev–Trinajstić information content (AvgIpc) is 1.82. The monoisotopic (exact) mass is 242 g/mol. The maximum atomic E-state index is 11.7. The van der Waals surface area contributed by atoms with E-state index in [2.05, 4.69) is 33.0 Å². The smallest absolute Gasteiger partial charge is 0.310 e. The molecule has 80 valence electrons. The molecule has 0 saturated carbocycles. The minimum Gasteiger partial charge on any atom is -0.314 e. The molecule has 0 aliphatic rings. The van der Waals surface area contributed by atoms with Gasteiger partial charge in [-0.2, -0.15) is 0 Å². The van der Waals surface area contributed by atoms with E-state index in [1.54, 1.807) is 0 Å². The van der Waals surface area contributed by atoms with Crippen LogP contribution in [0.25, 0.3) is 0 Å². The Labute approximate surface area is 90.6 Å². The molecular weight excluding hydrogens is 223 g/mol. The second-order valence-corrected chi connectivity index (χ2v) is 10.4. The Bertz CT molecular complexity index is 195. The maximum absolute atomic E-state index is 11.7. The summed E-state index contributed by atoms with van der Waals surface area (Å²) in [7, 11) is 0. The fraction of sp³-hybridized carbons (Fsp3) is 1.00. The molecule has 1 atom stereocenters. The summed E-state index contributed by atoms with van der Waals surface area (Å²) < 4.78 is 16.8. The summed E-state index contributed by atoms with van der Waals surface area (Å²) in [6.45, 7) is 8.55. The van der Waals surface area contributed by atoms with Gasteiger partial charge in [-0.3, -0.25) is 4.57 Å². The van der Waals surface area contributed by atoms with Crippen molar-refractivity contribution in [2.45, 2.75) is 45.3 Å². The fourth-order valence-corrected chi connectivity index (χ4v) is 7.41. The largest absolute Gasteiger partial charge is 0.314 e. The Balaban J connectivity index is 4.16. The predicted octanol–water partition coefficient (Wildman–Crippen LogP) is 4.37. The molecular formula is C8H19O2PS2. The lowest BCUT2D eigenvalue weighted by atomic mass is 10.1. The number of thiol groups is 1. The van der Waals surface area contributed by atoms with E-state index in [1.165, 1.54) is 11.4 Å². The Morgan fingerprint density at radius 2 is 2.00 bits per heavy atom. The molecule has 0 spiro atoms. The first-order chi connectivity index (χ1) is 5.83. The fourth-order valence-electron chi connectivity index (χ4n) is 1.15. The molecule has 0 fully saturated rings. The van der Waals surface area contributed by atoms with Gasteiger partial charge in [-0.05, 0) is 13.3 Å². The van der Waals surface area contributed by atoms with Crippen molar-refractivity contribution in [3.05, 3.63) is 0 Å². The summed E-state index contributed by atoms with van der Waals surface area (Å²) in [5.74, 6) is -2.73. The van der Waals surface area contributed by atoms with Gasteiger partial charge in [0.15, 0.2) is 0 Å². The van der Waals surface area contributed by atoms with E-state index in [-0.39, 0.29) is 4.75 Å². The van der Waals surface area contributed by atoms with Crippen molar-refractivity contribution in [1.29, 1.82) is 0 Å². The van der Waals surface area contributed by atoms with Crippen molar-refractivity contribution >= 4 is 29.4 Å². The van der Waals surface area contributed by atoms with E-state index in [4.69, 9.17) is 4.52 Å². The van der Waals surface area contributed by atoms with Gasteiger partial charge in [-0.15, -0.1) is 0 Å². The lowest BCUT2D eigenvalue weighted by Crippen LogP contribution is -2.13. The second kappa shape index (κ2) is 5.69. The molecule has 5 heteroatoms. The molecule has 0 saturated heterocycles. The zero-order valence-electron chi connectivity index (χ0n) is 8.74. The normalized spacial score (nSPS) is 17.0. The SMILES string of the molecule is CCCC(C)(C)SP(=O)(S)OCC. The van der Waals surface area contributed by atoms with Crippen LogP contribution in [0.1, 0.15) is 40.5 Å². The Hall–Kier alpha value is 0.890. The van der Waals surface area contributed by atoms with Crippen LogP contribution in [-0.2, 0) is 9.09 Å². The Morgan fingerprint density at radius 1 is 1.46 bits per heavy atom. The van der Waals surface area contributed by atoms with E-state index in [9.17, 15) is 4.57 Å². The van der Waals surface area contributed by atoms with Crippen LogP contribution in [0.3, 0.4) is 0 Å². The summed E-state index contributed by atoms with van der Waals surface area (Å²) in [6, 6.07) is 0. The van der Waals surface area contributed by atoms with Crippen molar-refractivity contribution in [1.82, 2.24) is 0 Å². The lowest BCUT2D eigenvalue weighted by Gasteiger charge is -2.25. The minimum atomic E-state index is -2.73. The molecule has 0 heterocycles. The van der Waals surface area contributed by atoms with Crippen LogP contribution < -0.4 is 0 Å². The highest BCUT2D eigenvalue weighted by atomic mass is 33.1. The highest BCUT2D eigenvalue weighted by molar-refractivity contribution is 8.84. The topological polar surface area (TPSA) is 26.3 Å². The molecule has 0 N–H and O–H groups in total. The number of rotatable bonds is 6. The molecule has 0 bridgehead atoms. The van der Waals surface area contributed by atoms with Crippen molar-refractivity contribution < 1.29 is 9.09 Å². The molecule has 0 rings (SSSR count). The van der Waals surface area contributed by atoms with Gasteiger partial charge >= 0.3 is 5.77 Å². The molecule has 0 aromatic carbocycles. The molecule has 0 aromatic rings. The van der Waals surface area contributed by atoms with Crippen molar-refractivity contribution in [2.75, 3.05) is 6.61 Å². The summed E-state index contributed by atoms with van der Waals surface area (Å²) in [5.41, 5.74) is 0. The molecule has 0 amide bonds. The summed E-state index contributed by atoms with van der Waals surface area (Å²) >= 11 is 5.40. The van der Waals surface area contributed by atoms with Gasteiger partial charge in [0.2, 0.25) is 0 Å². The third kappa shape index (κ3) is 6.89. The molecule has 2 nitrogen and oxygen atoms in total. The molecule has 0 aliphatic heterocycles. The Kier molecular flexibility index (Phi) is 6.08. The maximum Gasteiger partial charge on any atom is 0.310 e. The highest BCUT2D eigenvalue weighted by Gasteiger charge is 2.29. The standard InChI is InChI=1S/C8H19O2PS2/c1-5-7-8(3,4)13-11(9,12)10-6-2/h5-7H2,1-4H3,(H,9,12). The summed E-state index contributed by atoms with van der Waals surface area (Å²) in [6.07, 6.45) is 2.11. The molecule has 0 aromatic heterocycles. The number of hydrogen-bond acceptors (Lipinski definition) is 3. The van der Waals surface area contributed by atoms with Crippen LogP contribution in [0.5, 0.6) is 0 Å². The van der Waals surface area contributed by atoms with E-state index in [1.807, 2.05) is 6.92 Å². The molecule has 0 radical (unpaired) electrons. The van der Waals surface area contributed by atoms with Crippen molar-refractivity contribution in [2.24, 2.45) is 0 Å². The summed E-state index contributed by atoms with van der Waals surface area (Å²) in [5, 5.41) is 0. The van der Waals surface area contributed by atoms with Crippen LogP contribution in [0.15, 0.2) is 0 Å².